The Morgan fingerprint density at radius 1 is 1.21 bits per heavy atom. The van der Waals surface area contributed by atoms with Gasteiger partial charge >= 0.3 is 0 Å². The molecule has 0 aliphatic rings. The van der Waals surface area contributed by atoms with Crippen molar-refractivity contribution in [2.45, 2.75) is 32.6 Å². The topological polar surface area (TPSA) is 40.5 Å². The van der Waals surface area contributed by atoms with Crippen LogP contribution in [0.15, 0.2) is 25.3 Å². The summed E-state index contributed by atoms with van der Waals surface area (Å²) < 4.78 is 0. The summed E-state index contributed by atoms with van der Waals surface area (Å²) in [6.07, 6.45) is 8.96. The second-order valence-electron chi connectivity index (χ2n) is 3.11. The first-order valence-corrected chi connectivity index (χ1v) is 5.21. The van der Waals surface area contributed by atoms with Crippen molar-refractivity contribution in [2.24, 2.45) is 5.92 Å². The molecule has 2 heteroatoms. The van der Waals surface area contributed by atoms with Crippen LogP contribution in [0.5, 0.6) is 0 Å². The molecule has 2 N–H and O–H groups in total. The summed E-state index contributed by atoms with van der Waals surface area (Å²) in [5, 5.41) is 15.2. The molecular weight excluding hydrogens is 176 g/mol. The van der Waals surface area contributed by atoms with Gasteiger partial charge in [-0.05, 0) is 18.8 Å². The molecule has 14 heavy (non-hydrogen) atoms. The second-order valence-corrected chi connectivity index (χ2v) is 3.11. The molecule has 0 bridgehead atoms. The van der Waals surface area contributed by atoms with E-state index in [1.165, 1.54) is 19.3 Å². The van der Waals surface area contributed by atoms with Crippen LogP contribution in [0.1, 0.15) is 32.6 Å². The summed E-state index contributed by atoms with van der Waals surface area (Å²) in [4.78, 5) is 0. The maximum absolute atomic E-state index is 7.62. The Labute approximate surface area is 88.0 Å². The quantitative estimate of drug-likeness (QED) is 0.620. The highest BCUT2D eigenvalue weighted by Gasteiger charge is 1.98. The molecule has 0 aromatic heterocycles. The predicted molar refractivity (Wildman–Crippen MR) is 62.2 cm³/mol. The van der Waals surface area contributed by atoms with Gasteiger partial charge in [-0.1, -0.05) is 31.9 Å². The third-order valence-electron chi connectivity index (χ3n) is 1.83. The van der Waals surface area contributed by atoms with Crippen molar-refractivity contribution >= 4 is 0 Å². The van der Waals surface area contributed by atoms with Gasteiger partial charge in [-0.2, -0.15) is 0 Å². The highest BCUT2D eigenvalue weighted by Crippen LogP contribution is 2.13. The Hall–Kier alpha value is -0.600. The predicted octanol–water partition coefficient (Wildman–Crippen LogP) is 2.53. The first-order valence-electron chi connectivity index (χ1n) is 5.21. The Balaban J connectivity index is 0. The van der Waals surface area contributed by atoms with Crippen LogP contribution in [0.4, 0.5) is 0 Å². The monoisotopic (exact) mass is 200 g/mol. The van der Waals surface area contributed by atoms with Gasteiger partial charge in [-0.25, -0.2) is 0 Å². The van der Waals surface area contributed by atoms with Crippen molar-refractivity contribution in [3.05, 3.63) is 25.3 Å². The number of unbranched alkanes of at least 4 members (excludes halogenated alkanes) is 1. The van der Waals surface area contributed by atoms with Crippen LogP contribution in [-0.2, 0) is 0 Å². The fourth-order valence-corrected chi connectivity index (χ4v) is 1.01. The lowest BCUT2D eigenvalue weighted by Gasteiger charge is -2.07. The summed E-state index contributed by atoms with van der Waals surface area (Å²) >= 11 is 0. The van der Waals surface area contributed by atoms with Gasteiger partial charge in [-0.15, -0.1) is 13.2 Å². The largest absolute Gasteiger partial charge is 0.394 e. The molecule has 0 saturated heterocycles. The number of hydrogen-bond donors (Lipinski definition) is 2. The highest BCUT2D eigenvalue weighted by molar-refractivity contribution is 4.84. The average molecular weight is 200 g/mol. The molecule has 0 fully saturated rings. The molecule has 0 saturated carbocycles. The van der Waals surface area contributed by atoms with Crippen LogP contribution < -0.4 is 0 Å². The first kappa shape index (κ1) is 15.9. The van der Waals surface area contributed by atoms with Gasteiger partial charge in [-0.3, -0.25) is 0 Å². The van der Waals surface area contributed by atoms with Gasteiger partial charge in [0.2, 0.25) is 0 Å². The molecule has 0 aliphatic heterocycles. The molecule has 0 aromatic rings. The van der Waals surface area contributed by atoms with E-state index in [-0.39, 0.29) is 13.2 Å². The molecule has 0 amide bonds. The summed E-state index contributed by atoms with van der Waals surface area (Å²) in [6, 6.07) is 0. The zero-order chi connectivity index (χ0) is 11.2. The van der Waals surface area contributed by atoms with Crippen molar-refractivity contribution in [1.29, 1.82) is 0 Å². The summed E-state index contributed by atoms with van der Waals surface area (Å²) in [5.74, 6) is 0.664. The number of aliphatic hydroxyl groups excluding tert-OH is 2. The van der Waals surface area contributed by atoms with Crippen molar-refractivity contribution in [3.8, 4) is 0 Å². The summed E-state index contributed by atoms with van der Waals surface area (Å²) in [7, 11) is 0. The fourth-order valence-electron chi connectivity index (χ4n) is 1.01. The normalized spacial score (nSPS) is 11.1. The third-order valence-corrected chi connectivity index (χ3v) is 1.83. The van der Waals surface area contributed by atoms with Gasteiger partial charge in [0.05, 0.1) is 13.2 Å². The van der Waals surface area contributed by atoms with E-state index in [1.807, 2.05) is 12.2 Å². The van der Waals surface area contributed by atoms with E-state index >= 15 is 0 Å². The van der Waals surface area contributed by atoms with E-state index in [0.717, 1.165) is 6.42 Å². The lowest BCUT2D eigenvalue weighted by molar-refractivity contribution is 0.186. The number of hydrogen-bond acceptors (Lipinski definition) is 2. The van der Waals surface area contributed by atoms with Crippen LogP contribution in [0.3, 0.4) is 0 Å². The molecule has 0 spiro atoms. The van der Waals surface area contributed by atoms with E-state index in [4.69, 9.17) is 10.2 Å². The molecule has 0 radical (unpaired) electrons. The van der Waals surface area contributed by atoms with E-state index < -0.39 is 0 Å². The molecule has 2 nitrogen and oxygen atoms in total. The minimum atomic E-state index is -0.125. The average Bonchev–Trinajstić information content (AvgIpc) is 2.24. The summed E-state index contributed by atoms with van der Waals surface area (Å²) in [6.45, 7) is 9.46. The third kappa shape index (κ3) is 14.0. The van der Waals surface area contributed by atoms with E-state index in [0.29, 0.717) is 5.92 Å². The Morgan fingerprint density at radius 2 is 1.79 bits per heavy atom. The zero-order valence-electron chi connectivity index (χ0n) is 9.28. The highest BCUT2D eigenvalue weighted by atomic mass is 16.3. The van der Waals surface area contributed by atoms with Crippen LogP contribution in [-0.4, -0.2) is 23.4 Å². The Bertz CT molecular complexity index is 119. The molecule has 0 aromatic carbocycles. The first-order chi connectivity index (χ1) is 6.76. The Morgan fingerprint density at radius 3 is 2.07 bits per heavy atom. The van der Waals surface area contributed by atoms with Crippen LogP contribution in [0, 0.1) is 5.92 Å². The number of allylic oxidation sites excluding steroid dienone is 2. The van der Waals surface area contributed by atoms with Gasteiger partial charge < -0.3 is 10.2 Å². The van der Waals surface area contributed by atoms with Crippen molar-refractivity contribution < 1.29 is 10.2 Å². The molecule has 0 heterocycles. The Kier molecular flexibility index (Phi) is 16.9. The lowest BCUT2D eigenvalue weighted by Crippen LogP contribution is -1.92. The molecule has 1 atom stereocenters. The molecule has 0 rings (SSSR count). The molecule has 84 valence electrons. The van der Waals surface area contributed by atoms with Crippen LogP contribution in [0.25, 0.3) is 0 Å². The van der Waals surface area contributed by atoms with E-state index in [1.54, 1.807) is 0 Å². The lowest BCUT2D eigenvalue weighted by atomic mass is 9.99. The van der Waals surface area contributed by atoms with Gasteiger partial charge in [0.1, 0.15) is 0 Å². The smallest absolute Gasteiger partial charge is 0.0662 e. The minimum Gasteiger partial charge on any atom is -0.394 e. The van der Waals surface area contributed by atoms with E-state index in [2.05, 4.69) is 20.1 Å². The van der Waals surface area contributed by atoms with Gasteiger partial charge in [0.15, 0.2) is 0 Å². The maximum Gasteiger partial charge on any atom is 0.0662 e. The van der Waals surface area contributed by atoms with Gasteiger partial charge in [0.25, 0.3) is 0 Å². The standard InChI is InChI=1S/C10H18.C2H6O2/c1-4-7-9-10(6-3)8-5-2;3-1-2-4/h5-6,10H,2-4,7-9H2,1H3;3-4H,1-2H2. The fraction of sp³-hybridized carbons (Fsp3) is 0.667. The van der Waals surface area contributed by atoms with E-state index in [9.17, 15) is 0 Å². The maximum atomic E-state index is 7.62. The van der Waals surface area contributed by atoms with Crippen molar-refractivity contribution in [2.75, 3.05) is 13.2 Å². The van der Waals surface area contributed by atoms with Gasteiger partial charge in [0, 0.05) is 0 Å². The SMILES string of the molecule is C=CCC(C=C)CCCC.OCCO. The number of aliphatic hydroxyl groups is 2. The number of rotatable bonds is 7. The molecular formula is C12H24O2. The zero-order valence-corrected chi connectivity index (χ0v) is 9.28. The minimum absolute atomic E-state index is 0.125. The summed E-state index contributed by atoms with van der Waals surface area (Å²) in [5.41, 5.74) is 0. The molecule has 1 unspecified atom stereocenters. The van der Waals surface area contributed by atoms with Crippen molar-refractivity contribution in [1.82, 2.24) is 0 Å². The van der Waals surface area contributed by atoms with Crippen LogP contribution >= 0.6 is 0 Å². The molecule has 0 aliphatic carbocycles. The second kappa shape index (κ2) is 14.9. The van der Waals surface area contributed by atoms with Crippen molar-refractivity contribution in [3.63, 3.8) is 0 Å². The van der Waals surface area contributed by atoms with Crippen LogP contribution in [0.2, 0.25) is 0 Å².